The van der Waals surface area contributed by atoms with Crippen molar-refractivity contribution in [1.29, 1.82) is 0 Å². The van der Waals surface area contributed by atoms with Gasteiger partial charge in [0.15, 0.2) is 11.6 Å². The van der Waals surface area contributed by atoms with Gasteiger partial charge in [-0.1, -0.05) is 19.9 Å². The maximum Gasteiger partial charge on any atom is 0.275 e. The smallest absolute Gasteiger partial charge is 0.275 e. The van der Waals surface area contributed by atoms with Crippen LogP contribution >= 0.6 is 0 Å². The van der Waals surface area contributed by atoms with Crippen molar-refractivity contribution < 1.29 is 4.79 Å². The van der Waals surface area contributed by atoms with Gasteiger partial charge >= 0.3 is 0 Å². The zero-order valence-electron chi connectivity index (χ0n) is 18.7. The molecule has 0 aliphatic rings. The zero-order chi connectivity index (χ0) is 22.8. The maximum absolute atomic E-state index is 12.9. The van der Waals surface area contributed by atoms with Gasteiger partial charge in [0.1, 0.15) is 11.5 Å². The molecule has 4 aromatic heterocycles. The summed E-state index contributed by atoms with van der Waals surface area (Å²) in [5.41, 5.74) is 3.10. The number of nitrogens with one attached hydrogen (secondary N) is 1. The summed E-state index contributed by atoms with van der Waals surface area (Å²) in [7, 11) is 0. The predicted molar refractivity (Wildman–Crippen MR) is 120 cm³/mol. The summed E-state index contributed by atoms with van der Waals surface area (Å²) in [6.45, 7) is 10.1. The molecule has 4 aromatic rings. The van der Waals surface area contributed by atoms with Crippen LogP contribution in [-0.4, -0.2) is 45.9 Å². The third kappa shape index (κ3) is 4.25. The average molecular weight is 432 g/mol. The molecule has 0 aromatic carbocycles. The zero-order valence-corrected chi connectivity index (χ0v) is 18.7. The Hall–Kier alpha value is -3.95. The van der Waals surface area contributed by atoms with Gasteiger partial charge in [-0.05, 0) is 60.5 Å². The first kappa shape index (κ1) is 21.3. The van der Waals surface area contributed by atoms with Crippen LogP contribution in [0.4, 0.5) is 5.82 Å². The van der Waals surface area contributed by atoms with Crippen molar-refractivity contribution in [3.63, 3.8) is 0 Å². The van der Waals surface area contributed by atoms with Gasteiger partial charge in [-0.3, -0.25) is 14.5 Å². The molecular formula is C22H25N9O. The second-order valence-electron chi connectivity index (χ2n) is 8.13. The van der Waals surface area contributed by atoms with Crippen LogP contribution in [0.15, 0.2) is 42.9 Å². The van der Waals surface area contributed by atoms with Gasteiger partial charge < -0.3 is 5.32 Å². The summed E-state index contributed by atoms with van der Waals surface area (Å²) < 4.78 is 3.45. The number of aromatic nitrogens is 8. The van der Waals surface area contributed by atoms with Gasteiger partial charge in [0, 0.05) is 29.9 Å². The van der Waals surface area contributed by atoms with E-state index >= 15 is 0 Å². The van der Waals surface area contributed by atoms with Crippen molar-refractivity contribution >= 4 is 11.7 Å². The molecule has 1 amide bonds. The number of rotatable bonds is 6. The topological polar surface area (TPSA) is 116 Å². The quantitative estimate of drug-likeness (QED) is 0.496. The van der Waals surface area contributed by atoms with Crippen LogP contribution < -0.4 is 5.32 Å². The van der Waals surface area contributed by atoms with Crippen LogP contribution in [-0.2, 0) is 0 Å². The van der Waals surface area contributed by atoms with Gasteiger partial charge in [-0.15, -0.1) is 5.10 Å². The van der Waals surface area contributed by atoms with Crippen molar-refractivity contribution in [1.82, 2.24) is 40.0 Å². The van der Waals surface area contributed by atoms with E-state index in [4.69, 9.17) is 0 Å². The molecule has 10 nitrogen and oxygen atoms in total. The molecule has 0 unspecified atom stereocenters. The molecule has 0 radical (unpaired) electrons. The molecule has 0 saturated heterocycles. The Bertz CT molecular complexity index is 1260. The number of hydrogen-bond acceptors (Lipinski definition) is 7. The molecule has 0 aliphatic carbocycles. The Balaban J connectivity index is 1.59. The Kier molecular flexibility index (Phi) is 5.76. The standard InChI is InChI=1S/C22H25N9O/c1-13(2)21-27-28-29-31(21)20-8-6-7-19(25-20)26-22(32)18-9-17(15(5)10-23-18)16-11-24-30(12-16)14(3)4/h6-14H,1-5H3,(H,25,26,32). The number of pyridine rings is 2. The molecule has 4 rings (SSSR count). The fourth-order valence-corrected chi connectivity index (χ4v) is 3.23. The number of anilines is 1. The number of carbonyl (C=O) groups excluding carboxylic acids is 1. The normalized spacial score (nSPS) is 11.3. The summed E-state index contributed by atoms with van der Waals surface area (Å²) in [6, 6.07) is 7.31. The molecule has 164 valence electrons. The van der Waals surface area contributed by atoms with Crippen molar-refractivity contribution in [3.8, 4) is 16.9 Å². The number of carbonyl (C=O) groups is 1. The molecule has 0 aliphatic heterocycles. The summed E-state index contributed by atoms with van der Waals surface area (Å²) in [5.74, 6) is 1.37. The fourth-order valence-electron chi connectivity index (χ4n) is 3.23. The van der Waals surface area contributed by atoms with E-state index in [0.29, 0.717) is 23.2 Å². The summed E-state index contributed by atoms with van der Waals surface area (Å²) in [4.78, 5) is 21.7. The van der Waals surface area contributed by atoms with Crippen LogP contribution in [0.2, 0.25) is 0 Å². The van der Waals surface area contributed by atoms with E-state index in [2.05, 4.69) is 49.8 Å². The highest BCUT2D eigenvalue weighted by Crippen LogP contribution is 2.24. The van der Waals surface area contributed by atoms with Gasteiger partial charge in [-0.25, -0.2) is 4.98 Å². The van der Waals surface area contributed by atoms with Gasteiger partial charge in [-0.2, -0.15) is 9.78 Å². The van der Waals surface area contributed by atoms with Crippen LogP contribution in [0.5, 0.6) is 0 Å². The van der Waals surface area contributed by atoms with E-state index in [-0.39, 0.29) is 17.9 Å². The minimum atomic E-state index is -0.354. The highest BCUT2D eigenvalue weighted by atomic mass is 16.1. The van der Waals surface area contributed by atoms with E-state index in [1.807, 2.05) is 31.6 Å². The molecule has 0 fully saturated rings. The fraction of sp³-hybridized carbons (Fsp3) is 0.318. The number of amides is 1. The third-order valence-corrected chi connectivity index (χ3v) is 4.98. The molecule has 0 spiro atoms. The summed E-state index contributed by atoms with van der Waals surface area (Å²) in [5, 5.41) is 19.0. The van der Waals surface area contributed by atoms with Gasteiger partial charge in [0.2, 0.25) is 0 Å². The highest BCUT2D eigenvalue weighted by Gasteiger charge is 2.16. The molecule has 10 heteroatoms. The van der Waals surface area contributed by atoms with Crippen molar-refractivity contribution in [2.75, 3.05) is 5.32 Å². The number of hydrogen-bond donors (Lipinski definition) is 1. The van der Waals surface area contributed by atoms with E-state index in [0.717, 1.165) is 16.7 Å². The average Bonchev–Trinajstić information content (AvgIpc) is 3.44. The largest absolute Gasteiger partial charge is 0.305 e. The monoisotopic (exact) mass is 431 g/mol. The second-order valence-corrected chi connectivity index (χ2v) is 8.13. The second kappa shape index (κ2) is 8.66. The Labute approximate surface area is 185 Å². The van der Waals surface area contributed by atoms with Crippen LogP contribution in [0.25, 0.3) is 16.9 Å². The first-order chi connectivity index (χ1) is 15.3. The molecule has 32 heavy (non-hydrogen) atoms. The van der Waals surface area contributed by atoms with E-state index in [1.54, 1.807) is 41.3 Å². The minimum Gasteiger partial charge on any atom is -0.305 e. The van der Waals surface area contributed by atoms with E-state index in [1.165, 1.54) is 0 Å². The van der Waals surface area contributed by atoms with Crippen LogP contribution in [0.3, 0.4) is 0 Å². The Morgan fingerprint density at radius 1 is 1.12 bits per heavy atom. The van der Waals surface area contributed by atoms with Crippen LogP contribution in [0, 0.1) is 6.92 Å². The highest BCUT2D eigenvalue weighted by molar-refractivity contribution is 6.03. The van der Waals surface area contributed by atoms with Gasteiger partial charge in [0.05, 0.1) is 6.20 Å². The molecule has 4 heterocycles. The SMILES string of the molecule is Cc1cnc(C(=O)Nc2cccc(-n3nnnc3C(C)C)n2)cc1-c1cnn(C(C)C)c1. The lowest BCUT2D eigenvalue weighted by atomic mass is 10.0. The first-order valence-electron chi connectivity index (χ1n) is 10.4. The molecule has 0 atom stereocenters. The van der Waals surface area contributed by atoms with Crippen molar-refractivity contribution in [2.24, 2.45) is 0 Å². The first-order valence-corrected chi connectivity index (χ1v) is 10.4. The van der Waals surface area contributed by atoms with E-state index < -0.39 is 0 Å². The van der Waals surface area contributed by atoms with E-state index in [9.17, 15) is 4.79 Å². The van der Waals surface area contributed by atoms with Gasteiger partial charge in [0.25, 0.3) is 5.91 Å². The number of tetrazole rings is 1. The van der Waals surface area contributed by atoms with Crippen molar-refractivity contribution in [2.45, 2.75) is 46.6 Å². The molecule has 1 N–H and O–H groups in total. The van der Waals surface area contributed by atoms with Crippen molar-refractivity contribution in [3.05, 3.63) is 59.9 Å². The predicted octanol–water partition coefficient (Wildman–Crippen LogP) is 3.58. The molecule has 0 saturated carbocycles. The lowest BCUT2D eigenvalue weighted by Gasteiger charge is -2.10. The van der Waals surface area contributed by atoms with Crippen LogP contribution in [0.1, 0.15) is 61.5 Å². The lowest BCUT2D eigenvalue weighted by Crippen LogP contribution is -2.16. The Morgan fingerprint density at radius 3 is 2.66 bits per heavy atom. The lowest BCUT2D eigenvalue weighted by molar-refractivity contribution is 0.102. The summed E-state index contributed by atoms with van der Waals surface area (Å²) >= 11 is 0. The number of aryl methyl sites for hydroxylation is 1. The number of nitrogens with zero attached hydrogens (tertiary/aromatic N) is 8. The molecular weight excluding hydrogens is 406 g/mol. The Morgan fingerprint density at radius 2 is 1.94 bits per heavy atom. The summed E-state index contributed by atoms with van der Waals surface area (Å²) in [6.07, 6.45) is 5.46. The third-order valence-electron chi connectivity index (χ3n) is 4.98. The molecule has 0 bridgehead atoms. The maximum atomic E-state index is 12.9. The minimum absolute atomic E-state index is 0.125.